The molecule has 0 aliphatic heterocycles. The van der Waals surface area contributed by atoms with Gasteiger partial charge in [0.15, 0.2) is 0 Å². The van der Waals surface area contributed by atoms with Gasteiger partial charge in [-0.1, -0.05) is 30.3 Å². The molecule has 0 spiro atoms. The molecule has 3 aromatic rings. The van der Waals surface area contributed by atoms with Crippen molar-refractivity contribution in [2.24, 2.45) is 14.1 Å². The summed E-state index contributed by atoms with van der Waals surface area (Å²) in [6.45, 7) is 0. The Morgan fingerprint density at radius 1 is 0.826 bits per heavy atom. The van der Waals surface area contributed by atoms with Crippen LogP contribution in [0.5, 0.6) is 0 Å². The molecule has 0 radical (unpaired) electrons. The Morgan fingerprint density at radius 2 is 1.43 bits per heavy atom. The third-order valence-corrected chi connectivity index (χ3v) is 3.70. The first-order chi connectivity index (χ1) is 11.1. The summed E-state index contributed by atoms with van der Waals surface area (Å²) in [5, 5.41) is 0.609. The first-order valence-corrected chi connectivity index (χ1v) is 7.16. The molecule has 23 heavy (non-hydrogen) atoms. The van der Waals surface area contributed by atoms with Crippen LogP contribution >= 0.6 is 0 Å². The molecule has 0 aliphatic rings. The fourth-order valence-electron chi connectivity index (χ4n) is 2.38. The third-order valence-electron chi connectivity index (χ3n) is 3.70. The molecular formula is C18H16N2O3. The lowest BCUT2D eigenvalue weighted by atomic mass is 10.2. The second-order valence-electron chi connectivity index (χ2n) is 5.21. The maximum absolute atomic E-state index is 12.6. The van der Waals surface area contributed by atoms with Crippen LogP contribution in [-0.2, 0) is 14.1 Å². The van der Waals surface area contributed by atoms with Crippen LogP contribution in [0.4, 0.5) is 0 Å². The molecule has 0 fully saturated rings. The number of aromatic nitrogens is 2. The maximum atomic E-state index is 12.6. The topological polar surface area (TPSA) is 57.1 Å². The van der Waals surface area contributed by atoms with Crippen LogP contribution in [-0.4, -0.2) is 9.13 Å². The molecule has 0 unspecified atom stereocenters. The Morgan fingerprint density at radius 3 is 2.00 bits per heavy atom. The van der Waals surface area contributed by atoms with E-state index in [9.17, 15) is 9.59 Å². The van der Waals surface area contributed by atoms with Gasteiger partial charge in [0.1, 0.15) is 16.5 Å². The minimum atomic E-state index is -0.259. The van der Waals surface area contributed by atoms with Gasteiger partial charge >= 0.3 is 0 Å². The van der Waals surface area contributed by atoms with E-state index in [1.165, 1.54) is 15.4 Å². The van der Waals surface area contributed by atoms with Crippen LogP contribution in [0.25, 0.3) is 12.2 Å². The largest absolute Gasteiger partial charge is 0.465 e. The molecule has 0 aliphatic carbocycles. The van der Waals surface area contributed by atoms with Crippen LogP contribution in [0.1, 0.15) is 11.3 Å². The van der Waals surface area contributed by atoms with E-state index in [0.717, 1.165) is 5.56 Å². The lowest BCUT2D eigenvalue weighted by Gasteiger charge is -2.04. The van der Waals surface area contributed by atoms with E-state index >= 15 is 0 Å². The van der Waals surface area contributed by atoms with Crippen molar-refractivity contribution in [3.63, 3.8) is 0 Å². The van der Waals surface area contributed by atoms with E-state index in [1.54, 1.807) is 38.4 Å². The molecule has 5 heteroatoms. The zero-order chi connectivity index (χ0) is 16.4. The number of hydrogen-bond acceptors (Lipinski definition) is 3. The lowest BCUT2D eigenvalue weighted by molar-refractivity contribution is 0.555. The van der Waals surface area contributed by atoms with Crippen molar-refractivity contribution >= 4 is 12.2 Å². The molecule has 0 amide bonds. The molecule has 1 aromatic carbocycles. The van der Waals surface area contributed by atoms with Crippen molar-refractivity contribution in [1.82, 2.24) is 9.13 Å². The summed E-state index contributed by atoms with van der Waals surface area (Å²) in [4.78, 5) is 25.2. The summed E-state index contributed by atoms with van der Waals surface area (Å²) in [5.74, 6) is 0.525. The Labute approximate surface area is 132 Å². The quantitative estimate of drug-likeness (QED) is 0.686. The SMILES string of the molecule is Cn1c(=O)/c(=C/c2ccco2)n(C)c(=O)/c1=C/c1ccccc1. The van der Waals surface area contributed by atoms with Crippen LogP contribution in [0, 0.1) is 0 Å². The fourth-order valence-corrected chi connectivity index (χ4v) is 2.38. The van der Waals surface area contributed by atoms with Gasteiger partial charge in [-0.05, 0) is 23.8 Å². The minimum absolute atomic E-state index is 0.242. The molecule has 116 valence electrons. The predicted molar refractivity (Wildman–Crippen MR) is 88.5 cm³/mol. The standard InChI is InChI=1S/C18H16N2O3/c1-19-15(11-13-7-4-3-5-8-13)17(21)20(2)16(18(19)22)12-14-9-6-10-23-14/h3-12H,1-2H3/b15-11-,16-12-. The Bertz CT molecular complexity index is 1060. The van der Waals surface area contributed by atoms with Crippen molar-refractivity contribution in [2.45, 2.75) is 0 Å². The Hall–Kier alpha value is -3.08. The van der Waals surface area contributed by atoms with Crippen LogP contribution < -0.4 is 21.8 Å². The average Bonchev–Trinajstić information content (AvgIpc) is 3.08. The zero-order valence-corrected chi connectivity index (χ0v) is 12.9. The van der Waals surface area contributed by atoms with Gasteiger partial charge in [-0.25, -0.2) is 0 Å². The van der Waals surface area contributed by atoms with Crippen LogP contribution in [0.3, 0.4) is 0 Å². The Kier molecular flexibility index (Phi) is 3.85. The van der Waals surface area contributed by atoms with Crippen molar-refractivity contribution in [1.29, 1.82) is 0 Å². The molecule has 2 aromatic heterocycles. The summed E-state index contributed by atoms with van der Waals surface area (Å²) in [7, 11) is 3.18. The number of rotatable bonds is 2. The molecule has 0 saturated carbocycles. The molecule has 2 heterocycles. The number of nitrogens with zero attached hydrogens (tertiary/aromatic N) is 2. The van der Waals surface area contributed by atoms with Gasteiger partial charge < -0.3 is 13.6 Å². The second kappa shape index (κ2) is 5.96. The van der Waals surface area contributed by atoms with Crippen molar-refractivity contribution in [3.05, 3.63) is 91.5 Å². The van der Waals surface area contributed by atoms with Gasteiger partial charge in [-0.15, -0.1) is 0 Å². The summed E-state index contributed by atoms with van der Waals surface area (Å²) in [5.41, 5.74) is 0.363. The molecule has 3 rings (SSSR count). The highest BCUT2D eigenvalue weighted by molar-refractivity contribution is 5.48. The lowest BCUT2D eigenvalue weighted by Crippen LogP contribution is -2.56. The van der Waals surface area contributed by atoms with E-state index in [4.69, 9.17) is 4.42 Å². The van der Waals surface area contributed by atoms with Gasteiger partial charge in [-0.2, -0.15) is 0 Å². The minimum Gasteiger partial charge on any atom is -0.465 e. The Balaban J connectivity index is 2.34. The average molecular weight is 308 g/mol. The van der Waals surface area contributed by atoms with Crippen LogP contribution in [0.15, 0.2) is 62.7 Å². The van der Waals surface area contributed by atoms with Gasteiger partial charge in [0.25, 0.3) is 11.1 Å². The van der Waals surface area contributed by atoms with E-state index in [1.807, 2.05) is 30.3 Å². The predicted octanol–water partition coefficient (Wildman–Crippen LogP) is 0.335. The highest BCUT2D eigenvalue weighted by atomic mass is 16.3. The fraction of sp³-hybridized carbons (Fsp3) is 0.111. The van der Waals surface area contributed by atoms with E-state index in [0.29, 0.717) is 11.1 Å². The maximum Gasteiger partial charge on any atom is 0.275 e. The van der Waals surface area contributed by atoms with E-state index in [-0.39, 0.29) is 16.5 Å². The smallest absolute Gasteiger partial charge is 0.275 e. The van der Waals surface area contributed by atoms with Gasteiger partial charge in [-0.3, -0.25) is 9.59 Å². The van der Waals surface area contributed by atoms with Crippen molar-refractivity contribution in [2.75, 3.05) is 0 Å². The number of hydrogen-bond donors (Lipinski definition) is 0. The van der Waals surface area contributed by atoms with Crippen molar-refractivity contribution in [3.8, 4) is 0 Å². The second-order valence-corrected chi connectivity index (χ2v) is 5.21. The highest BCUT2D eigenvalue weighted by Crippen LogP contribution is 1.99. The number of benzene rings is 1. The summed E-state index contributed by atoms with van der Waals surface area (Å²) < 4.78 is 7.94. The first-order valence-electron chi connectivity index (χ1n) is 7.16. The zero-order valence-electron chi connectivity index (χ0n) is 12.9. The van der Waals surface area contributed by atoms with E-state index in [2.05, 4.69) is 0 Å². The molecule has 0 saturated heterocycles. The molecule has 0 atom stereocenters. The summed E-state index contributed by atoms with van der Waals surface area (Å²) >= 11 is 0. The van der Waals surface area contributed by atoms with Gasteiger partial charge in [0.05, 0.1) is 6.26 Å². The van der Waals surface area contributed by atoms with E-state index < -0.39 is 0 Å². The molecule has 0 N–H and O–H groups in total. The third kappa shape index (κ3) is 2.81. The first kappa shape index (κ1) is 14.8. The molecular weight excluding hydrogens is 292 g/mol. The van der Waals surface area contributed by atoms with Gasteiger partial charge in [0, 0.05) is 20.2 Å². The summed E-state index contributed by atoms with van der Waals surface area (Å²) in [6, 6.07) is 12.9. The molecule has 0 bridgehead atoms. The number of furan rings is 1. The van der Waals surface area contributed by atoms with Crippen LogP contribution in [0.2, 0.25) is 0 Å². The molecule has 5 nitrogen and oxygen atoms in total. The normalized spacial score (nSPS) is 12.8. The van der Waals surface area contributed by atoms with Gasteiger partial charge in [0.2, 0.25) is 0 Å². The highest BCUT2D eigenvalue weighted by Gasteiger charge is 2.06. The van der Waals surface area contributed by atoms with Crippen molar-refractivity contribution < 1.29 is 4.42 Å². The summed E-state index contributed by atoms with van der Waals surface area (Å²) in [6.07, 6.45) is 4.79. The monoisotopic (exact) mass is 308 g/mol.